The minimum absolute atomic E-state index is 1.04. The van der Waals surface area contributed by atoms with E-state index in [-0.39, 0.29) is 0 Å². The molecule has 3 heteroatoms. The Labute approximate surface area is 40.1 Å². The number of hydrogen-bond donors (Lipinski definition) is 0. The normalized spacial score (nSPS) is 11.3. The topological polar surface area (TPSA) is 15.6 Å². The Kier molecular flexibility index (Phi) is 3.29. The molecule has 36 valence electrons. The SMILES string of the molecule is CN=PN(C)C. The third-order valence-corrected chi connectivity index (χ3v) is 0.805. The monoisotopic (exact) mass is 104 g/mol. The Hall–Kier alpha value is 0.0600. The van der Waals surface area contributed by atoms with Crippen LogP contribution in [0.15, 0.2) is 4.74 Å². The zero-order valence-electron chi connectivity index (χ0n) is 4.34. The molecule has 0 rings (SSSR count). The van der Waals surface area contributed by atoms with Gasteiger partial charge in [-0.05, 0) is 14.1 Å². The highest BCUT2D eigenvalue weighted by Crippen LogP contribution is 1.97. The molecule has 2 nitrogen and oxygen atoms in total. The third kappa shape index (κ3) is 4.06. The summed E-state index contributed by atoms with van der Waals surface area (Å²) in [7, 11) is 6.79. The van der Waals surface area contributed by atoms with Crippen LogP contribution in [0.3, 0.4) is 0 Å². The molecule has 0 aliphatic carbocycles. The first-order chi connectivity index (χ1) is 2.77. The highest BCUT2D eigenvalue weighted by atomic mass is 31.1. The summed E-state index contributed by atoms with van der Waals surface area (Å²) in [5, 5.41) is 0. The van der Waals surface area contributed by atoms with Crippen molar-refractivity contribution in [3.05, 3.63) is 0 Å². The van der Waals surface area contributed by atoms with Crippen LogP contribution in [-0.2, 0) is 0 Å². The molecule has 0 saturated carbocycles. The lowest BCUT2D eigenvalue weighted by Gasteiger charge is -1.92. The van der Waals surface area contributed by atoms with Crippen molar-refractivity contribution >= 4 is 8.52 Å². The van der Waals surface area contributed by atoms with Gasteiger partial charge in [-0.15, -0.1) is 0 Å². The van der Waals surface area contributed by atoms with Crippen LogP contribution in [-0.4, -0.2) is 25.8 Å². The molecule has 0 aliphatic rings. The first kappa shape index (κ1) is 6.06. The fraction of sp³-hybridized carbons (Fsp3) is 1.00. The van der Waals surface area contributed by atoms with Gasteiger partial charge in [0.15, 0.2) is 0 Å². The zero-order chi connectivity index (χ0) is 4.99. The van der Waals surface area contributed by atoms with E-state index in [9.17, 15) is 0 Å². The summed E-state index contributed by atoms with van der Waals surface area (Å²) >= 11 is 0. The van der Waals surface area contributed by atoms with Crippen molar-refractivity contribution in [3.63, 3.8) is 0 Å². The van der Waals surface area contributed by atoms with Crippen molar-refractivity contribution in [2.75, 3.05) is 21.1 Å². The van der Waals surface area contributed by atoms with Crippen LogP contribution in [0.5, 0.6) is 0 Å². The molecule has 0 aromatic carbocycles. The molecule has 0 spiro atoms. The van der Waals surface area contributed by atoms with Crippen LogP contribution in [0.2, 0.25) is 0 Å². The fourth-order valence-electron chi connectivity index (χ4n) is 0.179. The van der Waals surface area contributed by atoms with E-state index >= 15 is 0 Å². The Morgan fingerprint density at radius 1 is 1.50 bits per heavy atom. The van der Waals surface area contributed by atoms with Gasteiger partial charge in [0.2, 0.25) is 0 Å². The Morgan fingerprint density at radius 3 is 2.00 bits per heavy atom. The van der Waals surface area contributed by atoms with Gasteiger partial charge in [-0.25, -0.2) is 4.67 Å². The van der Waals surface area contributed by atoms with Crippen molar-refractivity contribution in [2.45, 2.75) is 0 Å². The summed E-state index contributed by atoms with van der Waals surface area (Å²) in [4.78, 5) is 0. The van der Waals surface area contributed by atoms with Crippen molar-refractivity contribution in [2.24, 2.45) is 4.74 Å². The first-order valence-electron chi connectivity index (χ1n) is 1.74. The molecule has 0 unspecified atom stereocenters. The van der Waals surface area contributed by atoms with E-state index in [0.29, 0.717) is 0 Å². The van der Waals surface area contributed by atoms with Crippen molar-refractivity contribution in [1.29, 1.82) is 0 Å². The van der Waals surface area contributed by atoms with E-state index in [1.54, 1.807) is 7.05 Å². The number of nitrogens with zero attached hydrogens (tertiary/aromatic N) is 2. The molecule has 0 N–H and O–H groups in total. The summed E-state index contributed by atoms with van der Waals surface area (Å²) in [6.07, 6.45) is 0. The summed E-state index contributed by atoms with van der Waals surface area (Å²) in [5.74, 6) is 0. The second kappa shape index (κ2) is 3.26. The standard InChI is InChI=1S/C3H9N2P/c1-4-6-5(2)3/h1-3H3. The molecule has 0 bridgehead atoms. The van der Waals surface area contributed by atoms with Gasteiger partial charge in [-0.3, -0.25) is 4.74 Å². The summed E-state index contributed by atoms with van der Waals surface area (Å²) in [5.41, 5.74) is 0. The van der Waals surface area contributed by atoms with Gasteiger partial charge in [0.05, 0.1) is 8.52 Å². The zero-order valence-corrected chi connectivity index (χ0v) is 5.24. The fourth-order valence-corrected chi connectivity index (χ4v) is 0.537. The molecule has 0 radical (unpaired) electrons. The highest BCUT2D eigenvalue weighted by Gasteiger charge is 1.72. The van der Waals surface area contributed by atoms with Crippen LogP contribution < -0.4 is 0 Å². The molecule has 0 heterocycles. The largest absolute Gasteiger partial charge is 0.256 e. The van der Waals surface area contributed by atoms with Gasteiger partial charge < -0.3 is 0 Å². The van der Waals surface area contributed by atoms with Crippen LogP contribution >= 0.6 is 8.52 Å². The Morgan fingerprint density at radius 2 is 2.00 bits per heavy atom. The number of rotatable bonds is 1. The second-order valence-corrected chi connectivity index (χ2v) is 2.52. The van der Waals surface area contributed by atoms with Gasteiger partial charge in [-0.1, -0.05) is 0 Å². The average molecular weight is 104 g/mol. The molecule has 6 heavy (non-hydrogen) atoms. The van der Waals surface area contributed by atoms with E-state index < -0.39 is 0 Å². The lowest BCUT2D eigenvalue weighted by Crippen LogP contribution is -1.90. The lowest BCUT2D eigenvalue weighted by atomic mass is 11.3. The third-order valence-electron chi connectivity index (χ3n) is 0.268. The number of hydrogen-bond acceptors (Lipinski definition) is 1. The van der Waals surface area contributed by atoms with Crippen LogP contribution in [0.4, 0.5) is 0 Å². The van der Waals surface area contributed by atoms with E-state index in [0.717, 1.165) is 8.52 Å². The predicted octanol–water partition coefficient (Wildman–Crippen LogP) is 1.22. The maximum absolute atomic E-state index is 3.83. The Bertz CT molecular complexity index is 50.8. The average Bonchev–Trinajstić information content (AvgIpc) is 1.35. The van der Waals surface area contributed by atoms with E-state index in [1.165, 1.54) is 0 Å². The van der Waals surface area contributed by atoms with Crippen molar-refractivity contribution in [1.82, 2.24) is 4.67 Å². The van der Waals surface area contributed by atoms with Crippen LogP contribution in [0.25, 0.3) is 0 Å². The summed E-state index contributed by atoms with van der Waals surface area (Å²) in [6, 6.07) is 0. The van der Waals surface area contributed by atoms with Crippen molar-refractivity contribution < 1.29 is 0 Å². The summed E-state index contributed by atoms with van der Waals surface area (Å²) in [6.45, 7) is 0. The van der Waals surface area contributed by atoms with Gasteiger partial charge in [0.1, 0.15) is 0 Å². The van der Waals surface area contributed by atoms with Gasteiger partial charge >= 0.3 is 0 Å². The molecule has 0 amide bonds. The van der Waals surface area contributed by atoms with E-state index in [2.05, 4.69) is 4.74 Å². The Balaban J connectivity index is 3.03. The van der Waals surface area contributed by atoms with Gasteiger partial charge in [0, 0.05) is 7.05 Å². The van der Waals surface area contributed by atoms with Crippen molar-refractivity contribution in [3.8, 4) is 0 Å². The highest BCUT2D eigenvalue weighted by molar-refractivity contribution is 7.23. The van der Waals surface area contributed by atoms with E-state index in [4.69, 9.17) is 0 Å². The molecule has 0 atom stereocenters. The molecule has 0 aromatic rings. The molecule has 0 saturated heterocycles. The maximum atomic E-state index is 3.83. The minimum atomic E-state index is 1.04. The molecule has 0 aliphatic heterocycles. The lowest BCUT2D eigenvalue weighted by molar-refractivity contribution is 0.696. The molecule has 0 fully saturated rings. The van der Waals surface area contributed by atoms with Crippen LogP contribution in [0.1, 0.15) is 0 Å². The van der Waals surface area contributed by atoms with Gasteiger partial charge in [-0.2, -0.15) is 0 Å². The molecular weight excluding hydrogens is 95.0 g/mol. The summed E-state index contributed by atoms with van der Waals surface area (Å²) < 4.78 is 5.82. The second-order valence-electron chi connectivity index (χ2n) is 1.14. The van der Waals surface area contributed by atoms with Crippen LogP contribution in [0, 0.1) is 0 Å². The van der Waals surface area contributed by atoms with E-state index in [1.807, 2.05) is 18.8 Å². The molecular formula is C3H9N2P. The molecule has 0 aromatic heterocycles. The smallest absolute Gasteiger partial charge is 0.0925 e. The minimum Gasteiger partial charge on any atom is -0.256 e. The maximum Gasteiger partial charge on any atom is 0.0925 e. The van der Waals surface area contributed by atoms with Gasteiger partial charge in [0.25, 0.3) is 0 Å². The quantitative estimate of drug-likeness (QED) is 0.457. The first-order valence-corrected chi connectivity index (χ1v) is 2.54. The predicted molar refractivity (Wildman–Crippen MR) is 29.0 cm³/mol.